The predicted octanol–water partition coefficient (Wildman–Crippen LogP) is 5.10. The first-order valence-electron chi connectivity index (χ1n) is 6.43. The molecule has 1 heterocycles. The topological polar surface area (TPSA) is 24.9 Å². The van der Waals surface area contributed by atoms with E-state index in [9.17, 15) is 0 Å². The van der Waals surface area contributed by atoms with E-state index in [-0.39, 0.29) is 0 Å². The number of halogens is 2. The first kappa shape index (κ1) is 14.3. The molecule has 100 valence electrons. The Morgan fingerprint density at radius 3 is 2.72 bits per heavy atom. The van der Waals surface area contributed by atoms with Gasteiger partial charge in [-0.3, -0.25) is 0 Å². The Balaban J connectivity index is 2.03. The maximum absolute atomic E-state index is 6.19. The summed E-state index contributed by atoms with van der Waals surface area (Å²) in [5.41, 5.74) is 0. The summed E-state index contributed by atoms with van der Waals surface area (Å²) in [6.45, 7) is 2.83. The molecule has 0 aromatic carbocycles. The number of nitrogens with one attached hydrogen (secondary N) is 1. The first-order chi connectivity index (χ1) is 8.70. The second-order valence-electron chi connectivity index (χ2n) is 4.60. The zero-order valence-electron chi connectivity index (χ0n) is 10.5. The van der Waals surface area contributed by atoms with Gasteiger partial charge in [0.25, 0.3) is 0 Å². The monoisotopic (exact) mass is 304 g/mol. The van der Waals surface area contributed by atoms with Crippen LogP contribution in [0.25, 0.3) is 0 Å². The lowest BCUT2D eigenvalue weighted by atomic mass is 10.1. The van der Waals surface area contributed by atoms with E-state index in [4.69, 9.17) is 23.2 Å². The van der Waals surface area contributed by atoms with Gasteiger partial charge in [-0.05, 0) is 31.7 Å². The number of hydrogen-bond acceptors (Lipinski definition) is 3. The van der Waals surface area contributed by atoms with Crippen molar-refractivity contribution in [3.05, 3.63) is 16.1 Å². The minimum Gasteiger partial charge on any atom is -0.369 e. The fraction of sp³-hybridized carbons (Fsp3) is 0.615. The minimum absolute atomic E-state index is 0.590. The molecule has 0 spiro atoms. The van der Waals surface area contributed by atoms with Gasteiger partial charge in [0.1, 0.15) is 10.8 Å². The van der Waals surface area contributed by atoms with Crippen molar-refractivity contribution in [1.29, 1.82) is 0 Å². The number of pyridine rings is 1. The van der Waals surface area contributed by atoms with Gasteiger partial charge in [0.2, 0.25) is 0 Å². The Labute approximate surface area is 123 Å². The van der Waals surface area contributed by atoms with Crippen molar-refractivity contribution in [1.82, 2.24) is 4.98 Å². The highest BCUT2D eigenvalue weighted by atomic mass is 35.5. The zero-order chi connectivity index (χ0) is 13.0. The molecule has 0 bridgehead atoms. The molecule has 0 saturated heterocycles. The van der Waals surface area contributed by atoms with Crippen LogP contribution in [-0.4, -0.2) is 17.3 Å². The molecule has 1 aromatic rings. The van der Waals surface area contributed by atoms with Crippen molar-refractivity contribution in [3.63, 3.8) is 0 Å². The third-order valence-electron chi connectivity index (χ3n) is 3.17. The molecule has 2 nitrogen and oxygen atoms in total. The maximum Gasteiger partial charge on any atom is 0.146 e. The summed E-state index contributed by atoms with van der Waals surface area (Å²) in [6.07, 6.45) is 5.43. The quantitative estimate of drug-likeness (QED) is 0.766. The van der Waals surface area contributed by atoms with Crippen molar-refractivity contribution in [3.8, 4) is 0 Å². The van der Waals surface area contributed by atoms with Gasteiger partial charge in [0.15, 0.2) is 0 Å². The Bertz CT molecular complexity index is 406. The van der Waals surface area contributed by atoms with Gasteiger partial charge in [-0.25, -0.2) is 4.98 Å². The molecule has 1 aliphatic carbocycles. The molecule has 1 aliphatic rings. The summed E-state index contributed by atoms with van der Waals surface area (Å²) >= 11 is 14.0. The van der Waals surface area contributed by atoms with Gasteiger partial charge >= 0.3 is 0 Å². The van der Waals surface area contributed by atoms with Crippen molar-refractivity contribution < 1.29 is 0 Å². The number of anilines is 1. The van der Waals surface area contributed by atoms with Crippen molar-refractivity contribution >= 4 is 40.8 Å². The van der Waals surface area contributed by atoms with E-state index < -0.39 is 0 Å². The minimum atomic E-state index is 0.590. The molecule has 0 atom stereocenters. The summed E-state index contributed by atoms with van der Waals surface area (Å²) in [6, 6.07) is 1.78. The lowest BCUT2D eigenvalue weighted by Crippen LogP contribution is -2.02. The third kappa shape index (κ3) is 3.69. The molecule has 0 unspecified atom stereocenters. The van der Waals surface area contributed by atoms with Gasteiger partial charge in [0, 0.05) is 12.3 Å². The van der Waals surface area contributed by atoms with E-state index in [1.807, 2.05) is 6.92 Å². The molecule has 0 aliphatic heterocycles. The molecule has 1 N–H and O–H groups in total. The number of thioether (sulfide) groups is 1. The largest absolute Gasteiger partial charge is 0.369 e. The fourth-order valence-electron chi connectivity index (χ4n) is 2.22. The summed E-state index contributed by atoms with van der Waals surface area (Å²) in [5.74, 6) is 2.67. The second-order valence-corrected chi connectivity index (χ2v) is 6.42. The molecule has 5 heteroatoms. The van der Waals surface area contributed by atoms with Crippen LogP contribution in [-0.2, 0) is 0 Å². The van der Waals surface area contributed by atoms with E-state index in [0.717, 1.165) is 29.1 Å². The Morgan fingerprint density at radius 2 is 2.06 bits per heavy atom. The number of hydrogen-bond donors (Lipinski definition) is 1. The number of aromatic nitrogens is 1. The van der Waals surface area contributed by atoms with Gasteiger partial charge in [-0.1, -0.05) is 36.0 Å². The SMILES string of the molecule is CCNc1nc(SCC2CCCC2)c(Cl)cc1Cl. The van der Waals surface area contributed by atoms with Crippen molar-refractivity contribution in [2.75, 3.05) is 17.6 Å². The van der Waals surface area contributed by atoms with E-state index in [1.54, 1.807) is 17.8 Å². The molecular weight excluding hydrogens is 287 g/mol. The van der Waals surface area contributed by atoms with Crippen LogP contribution >= 0.6 is 35.0 Å². The summed E-state index contributed by atoms with van der Waals surface area (Å²) < 4.78 is 0. The average molecular weight is 305 g/mol. The zero-order valence-corrected chi connectivity index (χ0v) is 12.8. The molecule has 18 heavy (non-hydrogen) atoms. The average Bonchev–Trinajstić information content (AvgIpc) is 2.84. The maximum atomic E-state index is 6.19. The first-order valence-corrected chi connectivity index (χ1v) is 8.17. The fourth-order valence-corrected chi connectivity index (χ4v) is 3.88. The van der Waals surface area contributed by atoms with Gasteiger partial charge in [-0.15, -0.1) is 11.8 Å². The highest BCUT2D eigenvalue weighted by Gasteiger charge is 2.17. The molecule has 1 saturated carbocycles. The Morgan fingerprint density at radius 1 is 1.33 bits per heavy atom. The van der Waals surface area contributed by atoms with E-state index in [0.29, 0.717) is 10.0 Å². The molecule has 1 fully saturated rings. The van der Waals surface area contributed by atoms with E-state index in [1.165, 1.54) is 25.7 Å². The highest BCUT2D eigenvalue weighted by molar-refractivity contribution is 7.99. The highest BCUT2D eigenvalue weighted by Crippen LogP contribution is 2.35. The van der Waals surface area contributed by atoms with E-state index in [2.05, 4.69) is 10.3 Å². The van der Waals surface area contributed by atoms with Crippen molar-refractivity contribution in [2.24, 2.45) is 5.92 Å². The van der Waals surface area contributed by atoms with Gasteiger partial charge < -0.3 is 5.32 Å². The summed E-state index contributed by atoms with van der Waals surface area (Å²) in [4.78, 5) is 4.51. The Hall–Kier alpha value is -0.120. The standard InChI is InChI=1S/C13H18Cl2N2S/c1-2-16-12-10(14)7-11(15)13(17-12)18-8-9-5-3-4-6-9/h7,9H,2-6,8H2,1H3,(H,16,17). The van der Waals surface area contributed by atoms with Crippen molar-refractivity contribution in [2.45, 2.75) is 37.6 Å². The van der Waals surface area contributed by atoms with Crippen LogP contribution in [0.3, 0.4) is 0 Å². The third-order valence-corrected chi connectivity index (χ3v) is 5.08. The van der Waals surface area contributed by atoms with Gasteiger partial charge in [-0.2, -0.15) is 0 Å². The summed E-state index contributed by atoms with van der Waals surface area (Å²) in [7, 11) is 0. The van der Waals surface area contributed by atoms with Crippen LogP contribution in [0.2, 0.25) is 10.0 Å². The molecule has 1 aromatic heterocycles. The number of nitrogens with zero attached hydrogens (tertiary/aromatic N) is 1. The lowest BCUT2D eigenvalue weighted by molar-refractivity contribution is 0.623. The van der Waals surface area contributed by atoms with Crippen LogP contribution in [0.5, 0.6) is 0 Å². The van der Waals surface area contributed by atoms with Crippen LogP contribution in [0.4, 0.5) is 5.82 Å². The van der Waals surface area contributed by atoms with Crippen LogP contribution in [0.1, 0.15) is 32.6 Å². The molecular formula is C13H18Cl2N2S. The lowest BCUT2D eigenvalue weighted by Gasteiger charge is -2.11. The van der Waals surface area contributed by atoms with E-state index >= 15 is 0 Å². The predicted molar refractivity (Wildman–Crippen MR) is 81.1 cm³/mol. The Kier molecular flexibility index (Phi) is 5.46. The normalized spacial score (nSPS) is 16.2. The smallest absolute Gasteiger partial charge is 0.146 e. The molecule has 0 radical (unpaired) electrons. The van der Waals surface area contributed by atoms with Crippen LogP contribution in [0.15, 0.2) is 11.1 Å². The molecule has 0 amide bonds. The number of rotatable bonds is 5. The van der Waals surface area contributed by atoms with Crippen LogP contribution in [0, 0.1) is 5.92 Å². The van der Waals surface area contributed by atoms with Crippen LogP contribution < -0.4 is 5.32 Å². The summed E-state index contributed by atoms with van der Waals surface area (Å²) in [5, 5.41) is 5.30. The van der Waals surface area contributed by atoms with Gasteiger partial charge in [0.05, 0.1) is 10.0 Å². The molecule has 2 rings (SSSR count). The second kappa shape index (κ2) is 6.88.